The Bertz CT molecular complexity index is 243. The van der Waals surface area contributed by atoms with Crippen LogP contribution in [-0.2, 0) is 4.74 Å². The summed E-state index contributed by atoms with van der Waals surface area (Å²) < 4.78 is 5.50. The summed E-state index contributed by atoms with van der Waals surface area (Å²) in [4.78, 5) is 2.53. The van der Waals surface area contributed by atoms with E-state index in [0.717, 1.165) is 18.5 Å². The zero-order valence-corrected chi connectivity index (χ0v) is 12.0. The Morgan fingerprint density at radius 3 is 2.67 bits per heavy atom. The standard InChI is InChI=1S/C15H29NO2/c1-12(2)18-11-14(17)10-16-9-5-7-13-6-3-4-8-15(13)16/h12-15,17H,3-11H2,1-2H3/t13-,14+,15+/m0/s1. The first-order chi connectivity index (χ1) is 8.66. The van der Waals surface area contributed by atoms with Crippen LogP contribution >= 0.6 is 0 Å². The van der Waals surface area contributed by atoms with Gasteiger partial charge in [0.1, 0.15) is 0 Å². The van der Waals surface area contributed by atoms with E-state index in [2.05, 4.69) is 4.90 Å². The van der Waals surface area contributed by atoms with Crippen molar-refractivity contribution in [2.45, 2.75) is 70.6 Å². The molecule has 1 aliphatic heterocycles. The summed E-state index contributed by atoms with van der Waals surface area (Å²) in [6, 6.07) is 0.737. The van der Waals surface area contributed by atoms with Crippen LogP contribution in [0, 0.1) is 5.92 Å². The molecule has 0 aromatic heterocycles. The van der Waals surface area contributed by atoms with Crippen LogP contribution < -0.4 is 0 Å². The van der Waals surface area contributed by atoms with Crippen molar-refractivity contribution >= 4 is 0 Å². The van der Waals surface area contributed by atoms with Crippen molar-refractivity contribution in [2.75, 3.05) is 19.7 Å². The third kappa shape index (κ3) is 3.94. The molecular weight excluding hydrogens is 226 g/mol. The van der Waals surface area contributed by atoms with E-state index in [4.69, 9.17) is 4.74 Å². The largest absolute Gasteiger partial charge is 0.389 e. The van der Waals surface area contributed by atoms with Crippen LogP contribution in [0.1, 0.15) is 52.4 Å². The number of fused-ring (bicyclic) bond motifs is 1. The molecule has 2 fully saturated rings. The number of aliphatic hydroxyl groups excluding tert-OH is 1. The van der Waals surface area contributed by atoms with Crippen molar-refractivity contribution in [3.05, 3.63) is 0 Å². The minimum atomic E-state index is -0.326. The molecule has 2 rings (SSSR count). The maximum absolute atomic E-state index is 10.1. The van der Waals surface area contributed by atoms with Gasteiger partial charge in [-0.1, -0.05) is 12.8 Å². The van der Waals surface area contributed by atoms with Crippen molar-refractivity contribution in [1.82, 2.24) is 4.90 Å². The third-order valence-electron chi connectivity index (χ3n) is 4.43. The van der Waals surface area contributed by atoms with Gasteiger partial charge < -0.3 is 9.84 Å². The minimum Gasteiger partial charge on any atom is -0.389 e. The van der Waals surface area contributed by atoms with Gasteiger partial charge in [0.25, 0.3) is 0 Å². The molecule has 0 radical (unpaired) electrons. The highest BCUT2D eigenvalue weighted by molar-refractivity contribution is 4.88. The lowest BCUT2D eigenvalue weighted by Gasteiger charge is -2.44. The number of rotatable bonds is 5. The zero-order chi connectivity index (χ0) is 13.0. The number of likely N-dealkylation sites (tertiary alicyclic amines) is 1. The van der Waals surface area contributed by atoms with Crippen molar-refractivity contribution in [3.8, 4) is 0 Å². The van der Waals surface area contributed by atoms with Gasteiger partial charge >= 0.3 is 0 Å². The normalized spacial score (nSPS) is 31.3. The quantitative estimate of drug-likeness (QED) is 0.819. The van der Waals surface area contributed by atoms with E-state index >= 15 is 0 Å². The van der Waals surface area contributed by atoms with Crippen LogP contribution in [0.15, 0.2) is 0 Å². The van der Waals surface area contributed by atoms with E-state index in [1.54, 1.807) is 0 Å². The Labute approximate surface area is 112 Å². The predicted molar refractivity (Wildman–Crippen MR) is 73.6 cm³/mol. The van der Waals surface area contributed by atoms with E-state index in [1.165, 1.54) is 45.1 Å². The van der Waals surface area contributed by atoms with E-state index in [-0.39, 0.29) is 12.2 Å². The molecule has 3 nitrogen and oxygen atoms in total. The van der Waals surface area contributed by atoms with Gasteiger partial charge in [0.15, 0.2) is 0 Å². The van der Waals surface area contributed by atoms with Crippen LogP contribution in [0.5, 0.6) is 0 Å². The fourth-order valence-corrected chi connectivity index (χ4v) is 3.58. The van der Waals surface area contributed by atoms with Gasteiger partial charge in [0.2, 0.25) is 0 Å². The van der Waals surface area contributed by atoms with Gasteiger partial charge in [0.05, 0.1) is 18.8 Å². The first-order valence-corrected chi connectivity index (χ1v) is 7.70. The number of β-amino-alcohol motifs (C(OH)–C–C–N with tert-alkyl or cyclic N) is 1. The molecule has 1 aliphatic carbocycles. The van der Waals surface area contributed by atoms with Gasteiger partial charge in [-0.05, 0) is 52.0 Å². The molecule has 2 aliphatic rings. The van der Waals surface area contributed by atoms with E-state index in [0.29, 0.717) is 6.61 Å². The van der Waals surface area contributed by atoms with Crippen LogP contribution in [0.4, 0.5) is 0 Å². The van der Waals surface area contributed by atoms with Gasteiger partial charge in [0, 0.05) is 12.6 Å². The summed E-state index contributed by atoms with van der Waals surface area (Å²) in [7, 11) is 0. The topological polar surface area (TPSA) is 32.7 Å². The van der Waals surface area contributed by atoms with Gasteiger partial charge in [-0.2, -0.15) is 0 Å². The molecule has 1 heterocycles. The molecule has 1 saturated carbocycles. The maximum Gasteiger partial charge on any atom is 0.0900 e. The lowest BCUT2D eigenvalue weighted by Crippen LogP contribution is -2.50. The summed E-state index contributed by atoms with van der Waals surface area (Å²) in [6.45, 7) is 6.48. The second-order valence-electron chi connectivity index (χ2n) is 6.28. The Hall–Kier alpha value is -0.120. The maximum atomic E-state index is 10.1. The summed E-state index contributed by atoms with van der Waals surface area (Å²) in [6.07, 6.45) is 8.11. The SMILES string of the molecule is CC(C)OC[C@H](O)CN1CCC[C@@H]2CCCC[C@H]21. The fourth-order valence-electron chi connectivity index (χ4n) is 3.58. The van der Waals surface area contributed by atoms with Crippen LogP contribution in [0.25, 0.3) is 0 Å². The fraction of sp³-hybridized carbons (Fsp3) is 1.00. The number of piperidine rings is 1. The van der Waals surface area contributed by atoms with Crippen LogP contribution in [0.2, 0.25) is 0 Å². The first-order valence-electron chi connectivity index (χ1n) is 7.70. The summed E-state index contributed by atoms with van der Waals surface area (Å²) in [5.74, 6) is 0.894. The van der Waals surface area contributed by atoms with E-state index in [9.17, 15) is 5.11 Å². The van der Waals surface area contributed by atoms with Crippen LogP contribution in [-0.4, -0.2) is 48.0 Å². The zero-order valence-electron chi connectivity index (χ0n) is 12.0. The van der Waals surface area contributed by atoms with Gasteiger partial charge in [-0.15, -0.1) is 0 Å². The molecule has 0 spiro atoms. The Morgan fingerprint density at radius 2 is 1.89 bits per heavy atom. The second kappa shape index (κ2) is 6.88. The molecular formula is C15H29NO2. The van der Waals surface area contributed by atoms with E-state index in [1.807, 2.05) is 13.8 Å². The smallest absolute Gasteiger partial charge is 0.0900 e. The molecule has 0 unspecified atom stereocenters. The molecule has 3 atom stereocenters. The molecule has 1 saturated heterocycles. The average molecular weight is 255 g/mol. The second-order valence-corrected chi connectivity index (χ2v) is 6.28. The lowest BCUT2D eigenvalue weighted by atomic mass is 9.78. The lowest BCUT2D eigenvalue weighted by molar-refractivity contribution is -0.0308. The van der Waals surface area contributed by atoms with Crippen molar-refractivity contribution < 1.29 is 9.84 Å². The van der Waals surface area contributed by atoms with Crippen molar-refractivity contribution in [3.63, 3.8) is 0 Å². The van der Waals surface area contributed by atoms with Crippen LogP contribution in [0.3, 0.4) is 0 Å². The Morgan fingerprint density at radius 1 is 1.17 bits per heavy atom. The van der Waals surface area contributed by atoms with Crippen molar-refractivity contribution in [1.29, 1.82) is 0 Å². The number of hydrogen-bond donors (Lipinski definition) is 1. The molecule has 0 bridgehead atoms. The highest BCUT2D eigenvalue weighted by Gasteiger charge is 2.33. The highest BCUT2D eigenvalue weighted by Crippen LogP contribution is 2.35. The summed E-state index contributed by atoms with van der Waals surface area (Å²) in [5, 5.41) is 10.1. The number of aliphatic hydroxyl groups is 1. The molecule has 0 aromatic carbocycles. The molecule has 1 N–H and O–H groups in total. The average Bonchev–Trinajstić information content (AvgIpc) is 2.37. The predicted octanol–water partition coefficient (Wildman–Crippen LogP) is 2.43. The number of hydrogen-bond acceptors (Lipinski definition) is 3. The molecule has 18 heavy (non-hydrogen) atoms. The van der Waals surface area contributed by atoms with E-state index < -0.39 is 0 Å². The summed E-state index contributed by atoms with van der Waals surface area (Å²) >= 11 is 0. The third-order valence-corrected chi connectivity index (χ3v) is 4.43. The molecule has 106 valence electrons. The molecule has 0 amide bonds. The van der Waals surface area contributed by atoms with Gasteiger partial charge in [-0.25, -0.2) is 0 Å². The highest BCUT2D eigenvalue weighted by atomic mass is 16.5. The first kappa shape index (κ1) is 14.3. The van der Waals surface area contributed by atoms with Gasteiger partial charge in [-0.3, -0.25) is 4.90 Å². The number of ether oxygens (including phenoxy) is 1. The monoisotopic (exact) mass is 255 g/mol. The summed E-state index contributed by atoms with van der Waals surface area (Å²) in [5.41, 5.74) is 0. The number of nitrogens with zero attached hydrogens (tertiary/aromatic N) is 1. The molecule has 3 heteroatoms. The Balaban J connectivity index is 1.79. The minimum absolute atomic E-state index is 0.212. The Kier molecular flexibility index (Phi) is 5.46. The van der Waals surface area contributed by atoms with Crippen molar-refractivity contribution in [2.24, 2.45) is 5.92 Å². The molecule has 0 aromatic rings.